The molecule has 1 saturated heterocycles. The molecule has 18 heavy (non-hydrogen) atoms. The van der Waals surface area contributed by atoms with E-state index in [0.29, 0.717) is 6.04 Å². The molecule has 1 unspecified atom stereocenters. The largest absolute Gasteiger partial charge is 0.365 e. The van der Waals surface area contributed by atoms with Crippen molar-refractivity contribution >= 4 is 5.69 Å². The molecule has 0 bridgehead atoms. The Balaban J connectivity index is 2.41. The molecular weight excluding hydrogens is 220 g/mol. The van der Waals surface area contributed by atoms with Crippen LogP contribution in [-0.4, -0.2) is 24.7 Å². The Hall–Kier alpha value is -1.02. The van der Waals surface area contributed by atoms with Gasteiger partial charge in [-0.1, -0.05) is 12.1 Å². The molecule has 1 fully saturated rings. The van der Waals surface area contributed by atoms with Gasteiger partial charge in [0.25, 0.3) is 0 Å². The number of benzene rings is 1. The SMILES string of the molecule is Cc1cccc(N2CC(C)NCCC2(C)C)c1C. The van der Waals surface area contributed by atoms with Crippen molar-refractivity contribution in [3.8, 4) is 0 Å². The Morgan fingerprint density at radius 2 is 2.00 bits per heavy atom. The first-order chi connectivity index (χ1) is 8.42. The Kier molecular flexibility index (Phi) is 3.67. The molecule has 2 rings (SSSR count). The van der Waals surface area contributed by atoms with Crippen molar-refractivity contribution in [3.05, 3.63) is 29.3 Å². The summed E-state index contributed by atoms with van der Waals surface area (Å²) in [6, 6.07) is 7.19. The van der Waals surface area contributed by atoms with Crippen LogP contribution >= 0.6 is 0 Å². The highest BCUT2D eigenvalue weighted by molar-refractivity contribution is 5.58. The third kappa shape index (κ3) is 2.54. The van der Waals surface area contributed by atoms with Crippen LogP contribution < -0.4 is 10.2 Å². The molecule has 0 spiro atoms. The Labute approximate surface area is 111 Å². The lowest BCUT2D eigenvalue weighted by molar-refractivity contribution is 0.452. The van der Waals surface area contributed by atoms with Crippen LogP contribution in [0.2, 0.25) is 0 Å². The van der Waals surface area contributed by atoms with Gasteiger partial charge in [-0.2, -0.15) is 0 Å². The summed E-state index contributed by atoms with van der Waals surface area (Å²) >= 11 is 0. The van der Waals surface area contributed by atoms with E-state index in [1.807, 2.05) is 0 Å². The van der Waals surface area contributed by atoms with Gasteiger partial charge in [-0.25, -0.2) is 0 Å². The Morgan fingerprint density at radius 1 is 1.28 bits per heavy atom. The summed E-state index contributed by atoms with van der Waals surface area (Å²) in [5.41, 5.74) is 4.42. The van der Waals surface area contributed by atoms with Crippen molar-refractivity contribution in [2.24, 2.45) is 0 Å². The predicted octanol–water partition coefficient (Wildman–Crippen LogP) is 3.27. The van der Waals surface area contributed by atoms with Gasteiger partial charge in [-0.3, -0.25) is 0 Å². The molecule has 1 aromatic rings. The van der Waals surface area contributed by atoms with Gasteiger partial charge in [0, 0.05) is 23.8 Å². The van der Waals surface area contributed by atoms with Gasteiger partial charge in [0.2, 0.25) is 0 Å². The third-order valence-corrected chi connectivity index (χ3v) is 4.28. The normalized spacial score (nSPS) is 23.8. The fourth-order valence-electron chi connectivity index (χ4n) is 2.80. The summed E-state index contributed by atoms with van der Waals surface area (Å²) in [5, 5.41) is 3.59. The Bertz CT molecular complexity index is 423. The van der Waals surface area contributed by atoms with Gasteiger partial charge < -0.3 is 10.2 Å². The molecule has 0 amide bonds. The van der Waals surface area contributed by atoms with E-state index in [-0.39, 0.29) is 5.54 Å². The highest BCUT2D eigenvalue weighted by Gasteiger charge is 2.31. The first kappa shape index (κ1) is 13.4. The van der Waals surface area contributed by atoms with Gasteiger partial charge in [-0.05, 0) is 64.8 Å². The van der Waals surface area contributed by atoms with Crippen LogP contribution in [-0.2, 0) is 0 Å². The van der Waals surface area contributed by atoms with Gasteiger partial charge in [0.1, 0.15) is 0 Å². The molecule has 0 saturated carbocycles. The number of anilines is 1. The van der Waals surface area contributed by atoms with Crippen LogP contribution in [0.5, 0.6) is 0 Å². The molecule has 2 nitrogen and oxygen atoms in total. The lowest BCUT2D eigenvalue weighted by Crippen LogP contribution is -2.46. The number of hydrogen-bond acceptors (Lipinski definition) is 2. The number of rotatable bonds is 1. The topological polar surface area (TPSA) is 15.3 Å². The number of nitrogens with one attached hydrogen (secondary N) is 1. The van der Waals surface area contributed by atoms with E-state index in [1.165, 1.54) is 23.2 Å². The number of nitrogens with zero attached hydrogens (tertiary/aromatic N) is 1. The minimum atomic E-state index is 0.219. The quantitative estimate of drug-likeness (QED) is 0.818. The molecule has 2 heteroatoms. The molecule has 1 N–H and O–H groups in total. The Morgan fingerprint density at radius 3 is 2.72 bits per heavy atom. The maximum absolute atomic E-state index is 3.59. The van der Waals surface area contributed by atoms with Gasteiger partial charge in [0.15, 0.2) is 0 Å². The third-order valence-electron chi connectivity index (χ3n) is 4.28. The highest BCUT2D eigenvalue weighted by atomic mass is 15.2. The molecule has 1 heterocycles. The zero-order chi connectivity index (χ0) is 13.3. The van der Waals surface area contributed by atoms with Crippen LogP contribution in [0.4, 0.5) is 5.69 Å². The first-order valence-corrected chi connectivity index (χ1v) is 6.99. The molecular formula is C16H26N2. The van der Waals surface area contributed by atoms with Gasteiger partial charge >= 0.3 is 0 Å². The summed E-state index contributed by atoms with van der Waals surface area (Å²) in [6.07, 6.45) is 1.19. The van der Waals surface area contributed by atoms with Crippen molar-refractivity contribution < 1.29 is 0 Å². The van der Waals surface area contributed by atoms with E-state index in [9.17, 15) is 0 Å². The van der Waals surface area contributed by atoms with Gasteiger partial charge in [-0.15, -0.1) is 0 Å². The first-order valence-electron chi connectivity index (χ1n) is 6.99. The molecule has 0 radical (unpaired) electrons. The van der Waals surface area contributed by atoms with E-state index in [2.05, 4.69) is 63.0 Å². The van der Waals surface area contributed by atoms with E-state index in [4.69, 9.17) is 0 Å². The van der Waals surface area contributed by atoms with Crippen LogP contribution in [0.1, 0.15) is 38.3 Å². The predicted molar refractivity (Wildman–Crippen MR) is 79.4 cm³/mol. The average molecular weight is 246 g/mol. The molecule has 1 aromatic carbocycles. The smallest absolute Gasteiger partial charge is 0.0403 e. The van der Waals surface area contributed by atoms with Crippen molar-refractivity contribution in [1.29, 1.82) is 0 Å². The minimum Gasteiger partial charge on any atom is -0.365 e. The molecule has 100 valence electrons. The van der Waals surface area contributed by atoms with Crippen LogP contribution in [0.15, 0.2) is 18.2 Å². The molecule has 0 aromatic heterocycles. The summed E-state index contributed by atoms with van der Waals surface area (Å²) in [7, 11) is 0. The fraction of sp³-hybridized carbons (Fsp3) is 0.625. The second-order valence-electron chi connectivity index (χ2n) is 6.25. The molecule has 1 atom stereocenters. The van der Waals surface area contributed by atoms with Crippen LogP contribution in [0, 0.1) is 13.8 Å². The molecule has 1 aliphatic heterocycles. The van der Waals surface area contributed by atoms with E-state index >= 15 is 0 Å². The monoisotopic (exact) mass is 246 g/mol. The minimum absolute atomic E-state index is 0.219. The average Bonchev–Trinajstić information content (AvgIpc) is 2.42. The van der Waals surface area contributed by atoms with E-state index < -0.39 is 0 Å². The second kappa shape index (κ2) is 4.93. The van der Waals surface area contributed by atoms with Crippen LogP contribution in [0.25, 0.3) is 0 Å². The van der Waals surface area contributed by atoms with Crippen molar-refractivity contribution in [2.75, 3.05) is 18.0 Å². The number of aryl methyl sites for hydroxylation is 1. The number of hydrogen-bond donors (Lipinski definition) is 1. The zero-order valence-corrected chi connectivity index (χ0v) is 12.4. The van der Waals surface area contributed by atoms with Crippen LogP contribution in [0.3, 0.4) is 0 Å². The van der Waals surface area contributed by atoms with E-state index in [1.54, 1.807) is 0 Å². The lowest BCUT2D eigenvalue weighted by Gasteiger charge is -2.40. The standard InChI is InChI=1S/C16H26N2/c1-12-7-6-8-15(14(12)3)18-11-13(2)17-10-9-16(18,4)5/h6-8,13,17H,9-11H2,1-5H3. The molecule has 1 aliphatic rings. The summed E-state index contributed by atoms with van der Waals surface area (Å²) in [4.78, 5) is 2.58. The maximum Gasteiger partial charge on any atom is 0.0403 e. The van der Waals surface area contributed by atoms with Gasteiger partial charge in [0.05, 0.1) is 0 Å². The van der Waals surface area contributed by atoms with Crippen molar-refractivity contribution in [2.45, 2.75) is 52.6 Å². The van der Waals surface area contributed by atoms with E-state index in [0.717, 1.165) is 13.1 Å². The maximum atomic E-state index is 3.59. The fourth-order valence-corrected chi connectivity index (χ4v) is 2.80. The summed E-state index contributed by atoms with van der Waals surface area (Å²) in [6.45, 7) is 13.6. The van der Waals surface area contributed by atoms with Crippen molar-refractivity contribution in [3.63, 3.8) is 0 Å². The highest BCUT2D eigenvalue weighted by Crippen LogP contribution is 2.31. The second-order valence-corrected chi connectivity index (χ2v) is 6.25. The molecule has 0 aliphatic carbocycles. The van der Waals surface area contributed by atoms with Crippen molar-refractivity contribution in [1.82, 2.24) is 5.32 Å². The lowest BCUT2D eigenvalue weighted by atomic mass is 9.95. The zero-order valence-electron chi connectivity index (χ0n) is 12.4. The summed E-state index contributed by atoms with van der Waals surface area (Å²) in [5.74, 6) is 0. The summed E-state index contributed by atoms with van der Waals surface area (Å²) < 4.78 is 0.